The molecule has 0 heterocycles. The number of ether oxygens (including phenoxy) is 1. The van der Waals surface area contributed by atoms with Crippen LogP contribution in [0.25, 0.3) is 0 Å². The molecule has 2 aromatic carbocycles. The van der Waals surface area contributed by atoms with Gasteiger partial charge in [-0.1, -0.05) is 32.9 Å². The van der Waals surface area contributed by atoms with E-state index in [-0.39, 0.29) is 6.10 Å². The van der Waals surface area contributed by atoms with Crippen molar-refractivity contribution in [3.05, 3.63) is 59.7 Å². The first kappa shape index (κ1) is 18.3. The van der Waals surface area contributed by atoms with E-state index in [4.69, 9.17) is 4.74 Å². The maximum Gasteiger partial charge on any atom is 0.119 e. The van der Waals surface area contributed by atoms with E-state index in [0.29, 0.717) is 0 Å². The third-order valence-corrected chi connectivity index (χ3v) is 4.10. The third kappa shape index (κ3) is 6.19. The van der Waals surface area contributed by atoms with Crippen molar-refractivity contribution in [3.63, 3.8) is 0 Å². The molecule has 2 nitrogen and oxygen atoms in total. The van der Waals surface area contributed by atoms with Crippen LogP contribution >= 0.6 is 0 Å². The number of aryl methyl sites for hydroxylation is 1. The number of hydrogen-bond acceptors (Lipinski definition) is 2. The topological polar surface area (TPSA) is 21.6 Å². The SMILES string of the molecule is CCC(C)Oc1ccc(C=Nc2ccc(CCC(C)C)cc2)cc1. The van der Waals surface area contributed by atoms with Crippen molar-refractivity contribution < 1.29 is 4.74 Å². The van der Waals surface area contributed by atoms with Crippen LogP contribution in [-0.2, 0) is 6.42 Å². The molecule has 1 atom stereocenters. The van der Waals surface area contributed by atoms with Crippen LogP contribution in [0.2, 0.25) is 0 Å². The van der Waals surface area contributed by atoms with Crippen molar-refractivity contribution in [1.29, 1.82) is 0 Å². The molecule has 1 unspecified atom stereocenters. The molecule has 24 heavy (non-hydrogen) atoms. The van der Waals surface area contributed by atoms with Crippen molar-refractivity contribution in [2.75, 3.05) is 0 Å². The first-order chi connectivity index (χ1) is 11.6. The average molecular weight is 323 g/mol. The molecular formula is C22H29NO. The monoisotopic (exact) mass is 323 g/mol. The van der Waals surface area contributed by atoms with E-state index < -0.39 is 0 Å². The zero-order valence-electron chi connectivity index (χ0n) is 15.3. The minimum atomic E-state index is 0.249. The molecule has 0 aliphatic heterocycles. The second-order valence-corrected chi connectivity index (χ2v) is 6.76. The Morgan fingerprint density at radius 2 is 1.62 bits per heavy atom. The van der Waals surface area contributed by atoms with E-state index in [9.17, 15) is 0 Å². The van der Waals surface area contributed by atoms with Gasteiger partial charge in [-0.25, -0.2) is 0 Å². The summed E-state index contributed by atoms with van der Waals surface area (Å²) in [6.45, 7) is 8.73. The Kier molecular flexibility index (Phi) is 7.05. The van der Waals surface area contributed by atoms with Crippen LogP contribution < -0.4 is 4.74 Å². The Hall–Kier alpha value is -2.09. The van der Waals surface area contributed by atoms with Crippen molar-refractivity contribution in [2.45, 2.75) is 53.1 Å². The zero-order valence-corrected chi connectivity index (χ0v) is 15.3. The van der Waals surface area contributed by atoms with Crippen LogP contribution in [0.1, 0.15) is 51.7 Å². The Morgan fingerprint density at radius 1 is 0.958 bits per heavy atom. The molecule has 0 spiro atoms. The van der Waals surface area contributed by atoms with E-state index in [1.54, 1.807) is 0 Å². The Balaban J connectivity index is 1.92. The maximum atomic E-state index is 5.79. The maximum absolute atomic E-state index is 5.79. The molecule has 0 aromatic heterocycles. The molecule has 0 saturated heterocycles. The van der Waals surface area contributed by atoms with Gasteiger partial charge in [0.1, 0.15) is 5.75 Å². The Morgan fingerprint density at radius 3 is 2.21 bits per heavy atom. The second-order valence-electron chi connectivity index (χ2n) is 6.76. The molecule has 0 N–H and O–H groups in total. The highest BCUT2D eigenvalue weighted by Gasteiger charge is 2.00. The van der Waals surface area contributed by atoms with Gasteiger partial charge in [0, 0.05) is 6.21 Å². The summed E-state index contributed by atoms with van der Waals surface area (Å²) in [7, 11) is 0. The Bertz CT molecular complexity index is 626. The van der Waals surface area contributed by atoms with Crippen molar-refractivity contribution in [2.24, 2.45) is 10.9 Å². The molecule has 0 fully saturated rings. The Labute approximate surface area is 146 Å². The number of nitrogens with zero attached hydrogens (tertiary/aromatic N) is 1. The van der Waals surface area contributed by atoms with Gasteiger partial charge in [0.15, 0.2) is 0 Å². The summed E-state index contributed by atoms with van der Waals surface area (Å²) in [5.74, 6) is 1.66. The molecule has 0 amide bonds. The molecule has 2 heteroatoms. The fourth-order valence-electron chi connectivity index (χ4n) is 2.30. The molecule has 0 aliphatic rings. The van der Waals surface area contributed by atoms with E-state index in [1.165, 1.54) is 12.0 Å². The van der Waals surface area contributed by atoms with E-state index in [1.807, 2.05) is 30.5 Å². The standard InChI is InChI=1S/C22H29NO/c1-5-18(4)24-22-14-10-20(11-15-22)16-23-21-12-8-19(9-13-21)7-6-17(2)3/h8-18H,5-7H2,1-4H3. The van der Waals surface area contributed by atoms with Crippen LogP contribution in [-0.4, -0.2) is 12.3 Å². The van der Waals surface area contributed by atoms with Gasteiger partial charge in [0.2, 0.25) is 0 Å². The van der Waals surface area contributed by atoms with Crippen LogP contribution in [0.15, 0.2) is 53.5 Å². The largest absolute Gasteiger partial charge is 0.491 e. The van der Waals surface area contributed by atoms with Gasteiger partial charge in [-0.3, -0.25) is 4.99 Å². The first-order valence-corrected chi connectivity index (χ1v) is 8.96. The van der Waals surface area contributed by atoms with Crippen molar-refractivity contribution in [3.8, 4) is 5.75 Å². The fraction of sp³-hybridized carbons (Fsp3) is 0.409. The van der Waals surface area contributed by atoms with E-state index in [2.05, 4.69) is 57.0 Å². The number of hydrogen-bond donors (Lipinski definition) is 0. The summed E-state index contributed by atoms with van der Waals surface area (Å²) in [6, 6.07) is 16.6. The number of rotatable bonds is 8. The van der Waals surface area contributed by atoms with Crippen LogP contribution in [0.5, 0.6) is 5.75 Å². The quantitative estimate of drug-likeness (QED) is 0.530. The lowest BCUT2D eigenvalue weighted by Gasteiger charge is -2.12. The smallest absolute Gasteiger partial charge is 0.119 e. The lowest BCUT2D eigenvalue weighted by atomic mass is 10.0. The summed E-state index contributed by atoms with van der Waals surface area (Å²) in [4.78, 5) is 4.55. The van der Waals surface area contributed by atoms with Crippen LogP contribution in [0.4, 0.5) is 5.69 Å². The first-order valence-electron chi connectivity index (χ1n) is 8.96. The highest BCUT2D eigenvalue weighted by molar-refractivity contribution is 5.82. The molecule has 128 valence electrons. The fourth-order valence-corrected chi connectivity index (χ4v) is 2.30. The van der Waals surface area contributed by atoms with Gasteiger partial charge >= 0.3 is 0 Å². The van der Waals surface area contributed by atoms with E-state index in [0.717, 1.165) is 35.8 Å². The van der Waals surface area contributed by atoms with Crippen LogP contribution in [0, 0.1) is 5.92 Å². The van der Waals surface area contributed by atoms with E-state index >= 15 is 0 Å². The molecule has 0 aliphatic carbocycles. The second kappa shape index (κ2) is 9.27. The summed E-state index contributed by atoms with van der Waals surface area (Å²) >= 11 is 0. The van der Waals surface area contributed by atoms with Gasteiger partial charge in [-0.05, 0) is 79.6 Å². The summed E-state index contributed by atoms with van der Waals surface area (Å²) in [5, 5.41) is 0. The normalized spacial score (nSPS) is 12.7. The predicted octanol–water partition coefficient (Wildman–Crippen LogP) is 6.20. The summed E-state index contributed by atoms with van der Waals surface area (Å²) in [6.07, 6.45) is 5.53. The lowest BCUT2D eigenvalue weighted by Crippen LogP contribution is -2.09. The molecule has 2 rings (SSSR count). The lowest BCUT2D eigenvalue weighted by molar-refractivity contribution is 0.217. The van der Waals surface area contributed by atoms with Gasteiger partial charge in [0.25, 0.3) is 0 Å². The summed E-state index contributed by atoms with van der Waals surface area (Å²) in [5.41, 5.74) is 3.45. The van der Waals surface area contributed by atoms with Crippen molar-refractivity contribution >= 4 is 11.9 Å². The minimum Gasteiger partial charge on any atom is -0.491 e. The van der Waals surface area contributed by atoms with Gasteiger partial charge < -0.3 is 4.74 Å². The molecule has 0 radical (unpaired) electrons. The third-order valence-electron chi connectivity index (χ3n) is 4.10. The molecule has 0 saturated carbocycles. The van der Waals surface area contributed by atoms with Gasteiger partial charge in [0.05, 0.1) is 11.8 Å². The van der Waals surface area contributed by atoms with Crippen molar-refractivity contribution in [1.82, 2.24) is 0 Å². The number of aliphatic imine (C=N–C) groups is 1. The minimum absolute atomic E-state index is 0.249. The average Bonchev–Trinajstić information content (AvgIpc) is 2.60. The highest BCUT2D eigenvalue weighted by Crippen LogP contribution is 2.17. The zero-order chi connectivity index (χ0) is 17.4. The molecular weight excluding hydrogens is 294 g/mol. The predicted molar refractivity (Wildman–Crippen MR) is 104 cm³/mol. The number of benzene rings is 2. The molecule has 0 bridgehead atoms. The highest BCUT2D eigenvalue weighted by atomic mass is 16.5. The van der Waals surface area contributed by atoms with Gasteiger partial charge in [-0.2, -0.15) is 0 Å². The summed E-state index contributed by atoms with van der Waals surface area (Å²) < 4.78 is 5.79. The van der Waals surface area contributed by atoms with Gasteiger partial charge in [-0.15, -0.1) is 0 Å². The van der Waals surface area contributed by atoms with Crippen LogP contribution in [0.3, 0.4) is 0 Å². The molecule has 2 aromatic rings.